The summed E-state index contributed by atoms with van der Waals surface area (Å²) in [7, 11) is 1.84. The van der Waals surface area contributed by atoms with Crippen molar-refractivity contribution in [3.8, 4) is 0 Å². The molecular weight excluding hydrogens is 266 g/mol. The summed E-state index contributed by atoms with van der Waals surface area (Å²) in [6.45, 7) is 2.67. The van der Waals surface area contributed by atoms with Gasteiger partial charge in [0.15, 0.2) is 0 Å². The summed E-state index contributed by atoms with van der Waals surface area (Å²) < 4.78 is 5.47. The van der Waals surface area contributed by atoms with Gasteiger partial charge in [0.1, 0.15) is 5.69 Å². The zero-order chi connectivity index (χ0) is 14.8. The average Bonchev–Trinajstić information content (AvgIpc) is 2.91. The number of hydrogen-bond donors (Lipinski definition) is 2. The minimum absolute atomic E-state index is 0.0539. The van der Waals surface area contributed by atoms with Crippen LogP contribution < -0.4 is 10.6 Å². The predicted molar refractivity (Wildman–Crippen MR) is 82.6 cm³/mol. The van der Waals surface area contributed by atoms with Gasteiger partial charge in [-0.15, -0.1) is 0 Å². The standard InChI is InChI=1S/C16H19N3O2/c1-10-12(7-8-21-10)19-16(20)15-9-14(17-2)11-5-3-4-6-13(11)18-15/h3-6,9-10,12H,7-8H2,1-2H3,(H,17,18)(H,19,20). The Balaban J connectivity index is 1.91. The molecule has 21 heavy (non-hydrogen) atoms. The summed E-state index contributed by atoms with van der Waals surface area (Å²) >= 11 is 0. The molecule has 0 saturated carbocycles. The number of hydrogen-bond acceptors (Lipinski definition) is 4. The zero-order valence-electron chi connectivity index (χ0n) is 12.2. The van der Waals surface area contributed by atoms with Crippen molar-refractivity contribution in [2.45, 2.75) is 25.5 Å². The fourth-order valence-electron chi connectivity index (χ4n) is 2.66. The molecule has 0 spiro atoms. The van der Waals surface area contributed by atoms with Crippen LogP contribution in [0.5, 0.6) is 0 Å². The minimum atomic E-state index is -0.153. The van der Waals surface area contributed by atoms with Crippen molar-refractivity contribution in [3.63, 3.8) is 0 Å². The smallest absolute Gasteiger partial charge is 0.270 e. The molecule has 0 aliphatic carbocycles. The van der Waals surface area contributed by atoms with E-state index in [2.05, 4.69) is 15.6 Å². The van der Waals surface area contributed by atoms with Crippen LogP contribution in [0, 0.1) is 0 Å². The molecule has 2 atom stereocenters. The monoisotopic (exact) mass is 285 g/mol. The highest BCUT2D eigenvalue weighted by atomic mass is 16.5. The Bertz CT molecular complexity index is 672. The van der Waals surface area contributed by atoms with Crippen molar-refractivity contribution in [1.82, 2.24) is 10.3 Å². The number of pyridine rings is 1. The first kappa shape index (κ1) is 13.8. The minimum Gasteiger partial charge on any atom is -0.388 e. The van der Waals surface area contributed by atoms with Gasteiger partial charge in [-0.2, -0.15) is 0 Å². The molecule has 5 nitrogen and oxygen atoms in total. The van der Waals surface area contributed by atoms with E-state index in [-0.39, 0.29) is 18.1 Å². The molecule has 1 aromatic heterocycles. The molecule has 2 heterocycles. The Labute approximate surface area is 123 Å². The first-order valence-corrected chi connectivity index (χ1v) is 7.19. The van der Waals surface area contributed by atoms with E-state index in [1.165, 1.54) is 0 Å². The second-order valence-corrected chi connectivity index (χ2v) is 5.27. The van der Waals surface area contributed by atoms with Gasteiger partial charge >= 0.3 is 0 Å². The van der Waals surface area contributed by atoms with Crippen molar-refractivity contribution in [1.29, 1.82) is 0 Å². The zero-order valence-corrected chi connectivity index (χ0v) is 12.2. The number of rotatable bonds is 3. The van der Waals surface area contributed by atoms with Crippen molar-refractivity contribution in [3.05, 3.63) is 36.0 Å². The second kappa shape index (κ2) is 5.69. The van der Waals surface area contributed by atoms with Crippen molar-refractivity contribution < 1.29 is 9.53 Å². The Hall–Kier alpha value is -2.14. The number of amides is 1. The Morgan fingerprint density at radius 3 is 2.90 bits per heavy atom. The topological polar surface area (TPSA) is 63.2 Å². The van der Waals surface area contributed by atoms with Crippen LogP contribution in [0.3, 0.4) is 0 Å². The lowest BCUT2D eigenvalue weighted by molar-refractivity contribution is 0.0862. The van der Waals surface area contributed by atoms with Gasteiger partial charge in [-0.25, -0.2) is 4.98 Å². The predicted octanol–water partition coefficient (Wildman–Crippen LogP) is 2.18. The van der Waals surface area contributed by atoms with Gasteiger partial charge in [0.2, 0.25) is 0 Å². The summed E-state index contributed by atoms with van der Waals surface area (Å²) in [4.78, 5) is 16.9. The maximum atomic E-state index is 12.4. The van der Waals surface area contributed by atoms with Crippen molar-refractivity contribution in [2.24, 2.45) is 0 Å². The number of benzene rings is 1. The normalized spacial score (nSPS) is 21.4. The van der Waals surface area contributed by atoms with Crippen LogP contribution in [0.2, 0.25) is 0 Å². The van der Waals surface area contributed by atoms with E-state index in [0.29, 0.717) is 12.3 Å². The van der Waals surface area contributed by atoms with Crippen LogP contribution in [0.25, 0.3) is 10.9 Å². The SMILES string of the molecule is CNc1cc(C(=O)NC2CCOC2C)nc2ccccc12. The van der Waals surface area contributed by atoms with Gasteiger partial charge in [0.05, 0.1) is 17.7 Å². The van der Waals surface area contributed by atoms with Gasteiger partial charge < -0.3 is 15.4 Å². The largest absolute Gasteiger partial charge is 0.388 e. The number of carbonyl (C=O) groups is 1. The lowest BCUT2D eigenvalue weighted by Gasteiger charge is -2.16. The number of carbonyl (C=O) groups excluding carboxylic acids is 1. The van der Waals surface area contributed by atoms with Gasteiger partial charge in [-0.05, 0) is 25.5 Å². The average molecular weight is 285 g/mol. The summed E-state index contributed by atoms with van der Waals surface area (Å²) in [5.41, 5.74) is 2.14. The van der Waals surface area contributed by atoms with Gasteiger partial charge in [0.25, 0.3) is 5.91 Å². The van der Waals surface area contributed by atoms with Crippen LogP contribution in [0.15, 0.2) is 30.3 Å². The molecule has 0 radical (unpaired) electrons. The molecule has 2 aromatic rings. The van der Waals surface area contributed by atoms with E-state index < -0.39 is 0 Å². The lowest BCUT2D eigenvalue weighted by Crippen LogP contribution is -2.39. The van der Waals surface area contributed by atoms with Crippen LogP contribution in [-0.4, -0.2) is 36.7 Å². The molecule has 5 heteroatoms. The number of aromatic nitrogens is 1. The van der Waals surface area contributed by atoms with Gasteiger partial charge in [0, 0.05) is 24.7 Å². The Morgan fingerprint density at radius 2 is 2.19 bits per heavy atom. The number of nitrogens with one attached hydrogen (secondary N) is 2. The maximum absolute atomic E-state index is 12.4. The quantitative estimate of drug-likeness (QED) is 0.907. The van der Waals surface area contributed by atoms with Crippen LogP contribution >= 0.6 is 0 Å². The second-order valence-electron chi connectivity index (χ2n) is 5.27. The van der Waals surface area contributed by atoms with Gasteiger partial charge in [-0.3, -0.25) is 4.79 Å². The highest BCUT2D eigenvalue weighted by Crippen LogP contribution is 2.23. The third kappa shape index (κ3) is 2.69. The lowest BCUT2D eigenvalue weighted by atomic mass is 10.1. The number of para-hydroxylation sites is 1. The molecule has 0 bridgehead atoms. The van der Waals surface area contributed by atoms with Crippen molar-refractivity contribution >= 4 is 22.5 Å². The van der Waals surface area contributed by atoms with Crippen LogP contribution in [0.4, 0.5) is 5.69 Å². The Kier molecular flexibility index (Phi) is 3.75. The Morgan fingerprint density at radius 1 is 1.38 bits per heavy atom. The summed E-state index contributed by atoms with van der Waals surface area (Å²) in [6.07, 6.45) is 0.900. The van der Waals surface area contributed by atoms with E-state index in [9.17, 15) is 4.79 Å². The van der Waals surface area contributed by atoms with E-state index in [1.807, 2.05) is 38.2 Å². The number of anilines is 1. The molecule has 1 aliphatic heterocycles. The molecule has 110 valence electrons. The molecule has 1 amide bonds. The first-order valence-electron chi connectivity index (χ1n) is 7.19. The fourth-order valence-corrected chi connectivity index (χ4v) is 2.66. The fraction of sp³-hybridized carbons (Fsp3) is 0.375. The molecule has 2 N–H and O–H groups in total. The summed E-state index contributed by atoms with van der Waals surface area (Å²) in [5.74, 6) is -0.153. The molecule has 1 aliphatic rings. The maximum Gasteiger partial charge on any atom is 0.270 e. The third-order valence-corrected chi connectivity index (χ3v) is 3.91. The van der Waals surface area contributed by atoms with Gasteiger partial charge in [-0.1, -0.05) is 18.2 Å². The molecule has 1 aromatic carbocycles. The van der Waals surface area contributed by atoms with Crippen molar-refractivity contribution in [2.75, 3.05) is 19.0 Å². The van der Waals surface area contributed by atoms with Crippen LogP contribution in [0.1, 0.15) is 23.8 Å². The van der Waals surface area contributed by atoms with E-state index in [4.69, 9.17) is 4.74 Å². The van der Waals surface area contributed by atoms with E-state index >= 15 is 0 Å². The third-order valence-electron chi connectivity index (χ3n) is 3.91. The molecule has 1 saturated heterocycles. The van der Waals surface area contributed by atoms with E-state index in [1.54, 1.807) is 6.07 Å². The summed E-state index contributed by atoms with van der Waals surface area (Å²) in [6, 6.07) is 9.63. The van der Waals surface area contributed by atoms with E-state index in [0.717, 1.165) is 23.0 Å². The molecule has 3 rings (SSSR count). The number of ether oxygens (including phenoxy) is 1. The number of fused-ring (bicyclic) bond motifs is 1. The summed E-state index contributed by atoms with van der Waals surface area (Å²) in [5, 5.41) is 7.14. The highest BCUT2D eigenvalue weighted by molar-refractivity contribution is 5.99. The molecular formula is C16H19N3O2. The molecule has 1 fully saturated rings. The highest BCUT2D eigenvalue weighted by Gasteiger charge is 2.26. The number of nitrogens with zero attached hydrogens (tertiary/aromatic N) is 1. The van der Waals surface area contributed by atoms with Crippen LogP contribution in [-0.2, 0) is 4.74 Å². The molecule has 2 unspecified atom stereocenters. The first-order chi connectivity index (χ1) is 10.2.